The molecule has 0 aliphatic carbocycles. The molecule has 128 valence electrons. The van der Waals surface area contributed by atoms with E-state index in [1.165, 1.54) is 30.5 Å². The van der Waals surface area contributed by atoms with Crippen LogP contribution in [0, 0.1) is 25.2 Å². The van der Waals surface area contributed by atoms with Gasteiger partial charge in [-0.15, -0.1) is 22.7 Å². The largest absolute Gasteiger partial charge is 0.315 e. The number of halogens is 1. The summed E-state index contributed by atoms with van der Waals surface area (Å²) in [5.41, 5.74) is 1.22. The average Bonchev–Trinajstić information content (AvgIpc) is 3.04. The summed E-state index contributed by atoms with van der Waals surface area (Å²) in [6.45, 7) is 3.30. The number of sulfonamides is 1. The first-order valence-electron chi connectivity index (χ1n) is 6.68. The lowest BCUT2D eigenvalue weighted by Crippen LogP contribution is -2.34. The number of hydrogen-bond acceptors (Lipinski definition) is 6. The first-order valence-corrected chi connectivity index (χ1v) is 10.1. The first kappa shape index (κ1) is 18.9. The molecule has 2 aromatic rings. The molecule has 0 radical (unpaired) electrons. The molecule has 2 aromatic heterocycles. The Morgan fingerprint density at radius 1 is 1.38 bits per heavy atom. The first-order chi connectivity index (χ1) is 11.2. The Bertz CT molecular complexity index is 925. The zero-order valence-corrected chi connectivity index (χ0v) is 16.3. The highest BCUT2D eigenvalue weighted by atomic mass is 35.5. The number of hydrogen-bond donors (Lipinski definition) is 1. The lowest BCUT2D eigenvalue weighted by Gasteiger charge is -2.15. The molecule has 0 atom stereocenters. The summed E-state index contributed by atoms with van der Waals surface area (Å²) in [5, 5.41) is 12.2. The Morgan fingerprint density at radius 3 is 2.58 bits per heavy atom. The molecule has 0 aliphatic heterocycles. The van der Waals surface area contributed by atoms with E-state index in [2.05, 4.69) is 11.4 Å². The predicted octanol–water partition coefficient (Wildman–Crippen LogP) is 3.21. The van der Waals surface area contributed by atoms with E-state index in [0.29, 0.717) is 14.9 Å². The molecule has 0 saturated carbocycles. The maximum absolute atomic E-state index is 12.4. The minimum atomic E-state index is -3.78. The number of nitriles is 1. The highest BCUT2D eigenvalue weighted by Crippen LogP contribution is 2.32. The number of nitrogens with zero attached hydrogens (tertiary/aromatic N) is 2. The van der Waals surface area contributed by atoms with Gasteiger partial charge in [0, 0.05) is 11.9 Å². The van der Waals surface area contributed by atoms with E-state index in [1.54, 1.807) is 6.92 Å². The number of thiophene rings is 2. The summed E-state index contributed by atoms with van der Waals surface area (Å²) >= 11 is 7.98. The fourth-order valence-electron chi connectivity index (χ4n) is 1.89. The van der Waals surface area contributed by atoms with E-state index < -0.39 is 15.9 Å². The van der Waals surface area contributed by atoms with E-state index >= 15 is 0 Å². The van der Waals surface area contributed by atoms with Crippen LogP contribution in [0.5, 0.6) is 0 Å². The SMILES string of the molecule is Cc1sc(NC(=O)CN(C)S(=O)(=O)c2ccc(Cl)s2)c(C#N)c1C. The summed E-state index contributed by atoms with van der Waals surface area (Å²) in [5.74, 6) is -0.513. The Hall–Kier alpha value is -1.44. The molecule has 0 fully saturated rings. The molecule has 0 spiro atoms. The third-order valence-electron chi connectivity index (χ3n) is 3.33. The normalized spacial score (nSPS) is 11.5. The molecule has 0 aromatic carbocycles. The molecule has 2 heterocycles. The predicted molar refractivity (Wildman–Crippen MR) is 96.3 cm³/mol. The average molecular weight is 404 g/mol. The third kappa shape index (κ3) is 3.79. The molecule has 1 amide bonds. The molecule has 2 rings (SSSR count). The molecule has 0 saturated heterocycles. The van der Waals surface area contributed by atoms with Gasteiger partial charge in [-0.3, -0.25) is 4.79 Å². The minimum Gasteiger partial charge on any atom is -0.315 e. The van der Waals surface area contributed by atoms with Crippen molar-refractivity contribution in [1.82, 2.24) is 4.31 Å². The zero-order valence-electron chi connectivity index (χ0n) is 13.1. The fourth-order valence-corrected chi connectivity index (χ4v) is 5.74. The number of nitrogens with one attached hydrogen (secondary N) is 1. The van der Waals surface area contributed by atoms with Crippen LogP contribution in [-0.4, -0.2) is 32.2 Å². The number of aryl methyl sites for hydroxylation is 1. The van der Waals surface area contributed by atoms with Crippen LogP contribution in [0.1, 0.15) is 16.0 Å². The van der Waals surface area contributed by atoms with Gasteiger partial charge in [0.1, 0.15) is 15.3 Å². The van der Waals surface area contributed by atoms with Gasteiger partial charge in [0.15, 0.2) is 0 Å². The second-order valence-electron chi connectivity index (χ2n) is 4.97. The van der Waals surface area contributed by atoms with Crippen molar-refractivity contribution in [1.29, 1.82) is 5.26 Å². The molecule has 0 bridgehead atoms. The number of amides is 1. The smallest absolute Gasteiger partial charge is 0.252 e. The van der Waals surface area contributed by atoms with Crippen LogP contribution in [0.15, 0.2) is 16.3 Å². The van der Waals surface area contributed by atoms with Crippen molar-refractivity contribution in [3.63, 3.8) is 0 Å². The number of anilines is 1. The molecule has 10 heteroatoms. The summed E-state index contributed by atoms with van der Waals surface area (Å²) < 4.78 is 26.1. The van der Waals surface area contributed by atoms with Gasteiger partial charge in [-0.1, -0.05) is 11.6 Å². The van der Waals surface area contributed by atoms with Crippen LogP contribution in [0.4, 0.5) is 5.00 Å². The van der Waals surface area contributed by atoms with Crippen molar-refractivity contribution in [2.24, 2.45) is 0 Å². The molecular weight excluding hydrogens is 390 g/mol. The van der Waals surface area contributed by atoms with E-state index in [9.17, 15) is 18.5 Å². The van der Waals surface area contributed by atoms with Crippen molar-refractivity contribution >= 4 is 55.2 Å². The zero-order chi connectivity index (χ0) is 18.1. The summed E-state index contributed by atoms with van der Waals surface area (Å²) in [6, 6.07) is 4.94. The van der Waals surface area contributed by atoms with E-state index in [0.717, 1.165) is 26.1 Å². The van der Waals surface area contributed by atoms with Gasteiger partial charge in [0.05, 0.1) is 16.4 Å². The van der Waals surface area contributed by atoms with Crippen LogP contribution >= 0.6 is 34.3 Å². The van der Waals surface area contributed by atoms with Crippen molar-refractivity contribution < 1.29 is 13.2 Å². The van der Waals surface area contributed by atoms with Crippen LogP contribution in [0.25, 0.3) is 0 Å². The van der Waals surface area contributed by atoms with Crippen molar-refractivity contribution in [2.45, 2.75) is 18.1 Å². The van der Waals surface area contributed by atoms with Gasteiger partial charge in [-0.05, 0) is 31.5 Å². The lowest BCUT2D eigenvalue weighted by atomic mass is 10.2. The van der Waals surface area contributed by atoms with E-state index in [4.69, 9.17) is 11.6 Å². The topological polar surface area (TPSA) is 90.3 Å². The standard InChI is InChI=1S/C14H14ClN3O3S3/c1-8-9(2)22-14(10(8)6-16)17-12(19)7-18(3)24(20,21)13-5-4-11(15)23-13/h4-5H,7H2,1-3H3,(H,17,19). The highest BCUT2D eigenvalue weighted by Gasteiger charge is 2.25. The summed E-state index contributed by atoms with van der Waals surface area (Å²) in [4.78, 5) is 13.1. The second kappa shape index (κ2) is 7.21. The highest BCUT2D eigenvalue weighted by molar-refractivity contribution is 7.91. The minimum absolute atomic E-state index is 0.0725. The maximum atomic E-state index is 12.4. The Labute approximate surface area is 153 Å². The van der Waals surface area contributed by atoms with Crippen molar-refractivity contribution in [3.05, 3.63) is 32.5 Å². The quantitative estimate of drug-likeness (QED) is 0.829. The number of likely N-dealkylation sites (N-methyl/N-ethyl adjacent to an activating group) is 1. The van der Waals surface area contributed by atoms with Gasteiger partial charge in [-0.2, -0.15) is 9.57 Å². The lowest BCUT2D eigenvalue weighted by molar-refractivity contribution is -0.116. The second-order valence-corrected chi connectivity index (χ2v) is 10.2. The molecule has 0 aliphatic rings. The van der Waals surface area contributed by atoms with E-state index in [1.807, 2.05) is 6.92 Å². The van der Waals surface area contributed by atoms with Crippen LogP contribution < -0.4 is 5.32 Å². The molecule has 1 N–H and O–H groups in total. The fraction of sp³-hybridized carbons (Fsp3) is 0.286. The van der Waals surface area contributed by atoms with Gasteiger partial charge in [-0.25, -0.2) is 8.42 Å². The third-order valence-corrected chi connectivity index (χ3v) is 7.95. The molecule has 0 unspecified atom stereocenters. The Kier molecular flexibility index (Phi) is 5.67. The van der Waals surface area contributed by atoms with Gasteiger partial charge in [0.25, 0.3) is 10.0 Å². The van der Waals surface area contributed by atoms with Crippen LogP contribution in [-0.2, 0) is 14.8 Å². The van der Waals surface area contributed by atoms with Gasteiger partial charge in [0.2, 0.25) is 5.91 Å². The van der Waals surface area contributed by atoms with E-state index in [-0.39, 0.29) is 10.8 Å². The van der Waals surface area contributed by atoms with Gasteiger partial charge < -0.3 is 5.32 Å². The number of carbonyl (C=O) groups excluding carboxylic acids is 1. The number of rotatable bonds is 5. The van der Waals surface area contributed by atoms with Gasteiger partial charge >= 0.3 is 0 Å². The molecule has 24 heavy (non-hydrogen) atoms. The van der Waals surface area contributed by atoms with Crippen LogP contribution in [0.3, 0.4) is 0 Å². The number of carbonyl (C=O) groups is 1. The Balaban J connectivity index is 2.13. The van der Waals surface area contributed by atoms with Crippen molar-refractivity contribution in [3.8, 4) is 6.07 Å². The van der Waals surface area contributed by atoms with Crippen LogP contribution in [0.2, 0.25) is 4.34 Å². The monoisotopic (exact) mass is 403 g/mol. The maximum Gasteiger partial charge on any atom is 0.252 e. The molecule has 6 nitrogen and oxygen atoms in total. The summed E-state index contributed by atoms with van der Waals surface area (Å²) in [6.07, 6.45) is 0. The summed E-state index contributed by atoms with van der Waals surface area (Å²) in [7, 11) is -2.46. The molecular formula is C14H14ClN3O3S3. The van der Waals surface area contributed by atoms with Crippen molar-refractivity contribution in [2.75, 3.05) is 18.9 Å². The Morgan fingerprint density at radius 2 is 2.04 bits per heavy atom.